The molecular weight excluding hydrogens is 304 g/mol. The number of H-pyrrole nitrogens is 1. The minimum Gasteiger partial charge on any atom is -0.479 e. The Morgan fingerprint density at radius 1 is 1.38 bits per heavy atom. The van der Waals surface area contributed by atoms with Crippen LogP contribution in [0.25, 0.3) is 0 Å². The monoisotopic (exact) mass is 324 g/mol. The van der Waals surface area contributed by atoms with E-state index in [1.165, 1.54) is 0 Å². The summed E-state index contributed by atoms with van der Waals surface area (Å²) in [6.07, 6.45) is 8.83. The molecule has 0 saturated carbocycles. The van der Waals surface area contributed by atoms with Crippen LogP contribution in [0.2, 0.25) is 0 Å². The number of benzene rings is 1. The van der Waals surface area contributed by atoms with Crippen LogP contribution >= 0.6 is 0 Å². The zero-order chi connectivity index (χ0) is 16.8. The molecule has 6 nitrogen and oxygen atoms in total. The molecule has 0 unspecified atom stereocenters. The summed E-state index contributed by atoms with van der Waals surface area (Å²) in [5.74, 6) is 3.44. The van der Waals surface area contributed by atoms with Crippen molar-refractivity contribution in [2.24, 2.45) is 0 Å². The Hall–Kier alpha value is -2.94. The van der Waals surface area contributed by atoms with Gasteiger partial charge in [-0.15, -0.1) is 6.42 Å². The van der Waals surface area contributed by atoms with Crippen molar-refractivity contribution in [2.45, 2.75) is 18.8 Å². The van der Waals surface area contributed by atoms with E-state index in [0.717, 1.165) is 18.5 Å². The van der Waals surface area contributed by atoms with Crippen LogP contribution in [0.15, 0.2) is 36.5 Å². The number of nitrogens with zero attached hydrogens (tertiary/aromatic N) is 2. The maximum absolute atomic E-state index is 12.5. The van der Waals surface area contributed by atoms with Gasteiger partial charge >= 0.3 is 6.03 Å². The first-order chi connectivity index (χ1) is 11.8. The summed E-state index contributed by atoms with van der Waals surface area (Å²) in [4.78, 5) is 14.3. The summed E-state index contributed by atoms with van der Waals surface area (Å²) in [6.45, 7) is 1.59. The molecule has 1 fully saturated rings. The number of anilines is 1. The van der Waals surface area contributed by atoms with Crippen molar-refractivity contribution < 1.29 is 9.53 Å². The predicted molar refractivity (Wildman–Crippen MR) is 91.9 cm³/mol. The van der Waals surface area contributed by atoms with Crippen LogP contribution in [-0.4, -0.2) is 40.8 Å². The third kappa shape index (κ3) is 3.69. The lowest BCUT2D eigenvalue weighted by Crippen LogP contribution is -2.40. The van der Waals surface area contributed by atoms with E-state index in [2.05, 4.69) is 21.4 Å². The number of likely N-dealkylation sites (tertiary alicyclic amines) is 1. The Morgan fingerprint density at radius 3 is 2.88 bits per heavy atom. The number of ether oxygens (including phenoxy) is 1. The van der Waals surface area contributed by atoms with E-state index in [1.54, 1.807) is 18.3 Å². The number of carbonyl (C=O) groups is 1. The first-order valence-electron chi connectivity index (χ1n) is 7.98. The number of terminal acetylenes is 1. The van der Waals surface area contributed by atoms with Crippen LogP contribution in [0.3, 0.4) is 0 Å². The minimum absolute atomic E-state index is 0.116. The van der Waals surface area contributed by atoms with Crippen LogP contribution < -0.4 is 10.1 Å². The second-order valence-corrected chi connectivity index (χ2v) is 5.69. The number of para-hydroxylation sites is 2. The number of nitrogens with one attached hydrogen (secondary N) is 2. The topological polar surface area (TPSA) is 70.2 Å². The number of aromatic nitrogens is 2. The standard InChI is InChI=1S/C18H20N4O2/c1-2-13-24-17-6-4-3-5-16(17)20-18(23)22-11-8-14(9-12-22)15-7-10-19-21-15/h1,3-7,10,14H,8-9,11-13H2,(H,19,21)(H,20,23). The fourth-order valence-electron chi connectivity index (χ4n) is 2.90. The summed E-state index contributed by atoms with van der Waals surface area (Å²) in [5.41, 5.74) is 1.77. The van der Waals surface area contributed by atoms with Gasteiger partial charge in [0.05, 0.1) is 5.69 Å². The number of rotatable bonds is 4. The van der Waals surface area contributed by atoms with Gasteiger partial charge in [0.15, 0.2) is 0 Å². The molecule has 1 aliphatic rings. The fourth-order valence-corrected chi connectivity index (χ4v) is 2.90. The first kappa shape index (κ1) is 15.9. The van der Waals surface area contributed by atoms with E-state index in [0.29, 0.717) is 30.4 Å². The predicted octanol–water partition coefficient (Wildman–Crippen LogP) is 2.83. The van der Waals surface area contributed by atoms with Gasteiger partial charge in [0.1, 0.15) is 12.4 Å². The molecule has 1 aromatic heterocycles. The number of aromatic amines is 1. The van der Waals surface area contributed by atoms with Gasteiger partial charge < -0.3 is 15.0 Å². The molecule has 1 aromatic carbocycles. The van der Waals surface area contributed by atoms with Gasteiger partial charge in [-0.05, 0) is 31.0 Å². The zero-order valence-electron chi connectivity index (χ0n) is 13.4. The van der Waals surface area contributed by atoms with Gasteiger partial charge in [0, 0.05) is 30.9 Å². The number of urea groups is 1. The van der Waals surface area contributed by atoms with E-state index in [1.807, 2.05) is 23.1 Å². The third-order valence-electron chi connectivity index (χ3n) is 4.18. The van der Waals surface area contributed by atoms with Crippen LogP contribution in [0.4, 0.5) is 10.5 Å². The lowest BCUT2D eigenvalue weighted by atomic mass is 9.94. The second kappa shape index (κ2) is 7.55. The highest BCUT2D eigenvalue weighted by molar-refractivity contribution is 5.91. The smallest absolute Gasteiger partial charge is 0.321 e. The van der Waals surface area contributed by atoms with Crippen molar-refractivity contribution in [3.05, 3.63) is 42.2 Å². The Kier molecular flexibility index (Phi) is 5.02. The normalized spacial score (nSPS) is 14.9. The number of carbonyl (C=O) groups excluding carboxylic acids is 1. The second-order valence-electron chi connectivity index (χ2n) is 5.69. The van der Waals surface area contributed by atoms with Crippen LogP contribution in [-0.2, 0) is 0 Å². The van der Waals surface area contributed by atoms with Gasteiger partial charge in [-0.25, -0.2) is 4.79 Å². The summed E-state index contributed by atoms with van der Waals surface area (Å²) < 4.78 is 5.46. The Morgan fingerprint density at radius 2 is 2.17 bits per heavy atom. The van der Waals surface area contributed by atoms with Crippen LogP contribution in [0.1, 0.15) is 24.5 Å². The fraction of sp³-hybridized carbons (Fsp3) is 0.333. The average Bonchev–Trinajstić information content (AvgIpc) is 3.16. The maximum atomic E-state index is 12.5. The van der Waals surface area contributed by atoms with Crippen molar-refractivity contribution in [1.82, 2.24) is 15.1 Å². The van der Waals surface area contributed by atoms with Crippen molar-refractivity contribution >= 4 is 11.7 Å². The number of amides is 2. The van der Waals surface area contributed by atoms with Gasteiger partial charge in [0.25, 0.3) is 0 Å². The van der Waals surface area contributed by atoms with Crippen molar-refractivity contribution in [1.29, 1.82) is 0 Å². The number of hydrogen-bond donors (Lipinski definition) is 2. The van der Waals surface area contributed by atoms with E-state index in [-0.39, 0.29) is 12.6 Å². The SMILES string of the molecule is C#CCOc1ccccc1NC(=O)N1CCC(c2ccn[nH]2)CC1. The van der Waals surface area contributed by atoms with Gasteiger partial charge in [-0.2, -0.15) is 5.10 Å². The Bertz CT molecular complexity index is 713. The molecule has 2 N–H and O–H groups in total. The molecule has 0 bridgehead atoms. The molecule has 6 heteroatoms. The molecule has 0 aliphatic carbocycles. The van der Waals surface area contributed by atoms with Crippen LogP contribution in [0, 0.1) is 12.3 Å². The van der Waals surface area contributed by atoms with E-state index in [4.69, 9.17) is 11.2 Å². The third-order valence-corrected chi connectivity index (χ3v) is 4.18. The number of hydrogen-bond acceptors (Lipinski definition) is 3. The highest BCUT2D eigenvalue weighted by atomic mass is 16.5. The largest absolute Gasteiger partial charge is 0.479 e. The van der Waals surface area contributed by atoms with Gasteiger partial charge in [-0.1, -0.05) is 18.1 Å². The summed E-state index contributed by atoms with van der Waals surface area (Å²) >= 11 is 0. The molecule has 3 rings (SSSR count). The molecule has 1 aliphatic heterocycles. The minimum atomic E-state index is -0.116. The van der Waals surface area contributed by atoms with Crippen molar-refractivity contribution in [3.63, 3.8) is 0 Å². The molecule has 2 aromatic rings. The Labute approximate surface area is 141 Å². The molecule has 0 spiro atoms. The van der Waals surface area contributed by atoms with Gasteiger partial charge in [0.2, 0.25) is 0 Å². The molecule has 0 radical (unpaired) electrons. The van der Waals surface area contributed by atoms with Crippen LogP contribution in [0.5, 0.6) is 5.75 Å². The molecule has 2 amide bonds. The average molecular weight is 324 g/mol. The maximum Gasteiger partial charge on any atom is 0.321 e. The Balaban J connectivity index is 1.57. The molecule has 124 valence electrons. The highest BCUT2D eigenvalue weighted by Crippen LogP contribution is 2.28. The summed E-state index contributed by atoms with van der Waals surface area (Å²) in [7, 11) is 0. The summed E-state index contributed by atoms with van der Waals surface area (Å²) in [6, 6.07) is 9.17. The summed E-state index contributed by atoms with van der Waals surface area (Å²) in [5, 5.41) is 9.92. The molecule has 2 heterocycles. The lowest BCUT2D eigenvalue weighted by Gasteiger charge is -2.31. The highest BCUT2D eigenvalue weighted by Gasteiger charge is 2.25. The van der Waals surface area contributed by atoms with Gasteiger partial charge in [-0.3, -0.25) is 5.10 Å². The van der Waals surface area contributed by atoms with Crippen molar-refractivity contribution in [2.75, 3.05) is 25.0 Å². The van der Waals surface area contributed by atoms with E-state index in [9.17, 15) is 4.79 Å². The quantitative estimate of drug-likeness (QED) is 0.850. The molecule has 0 atom stereocenters. The van der Waals surface area contributed by atoms with E-state index < -0.39 is 0 Å². The molecular formula is C18H20N4O2. The molecule has 24 heavy (non-hydrogen) atoms. The van der Waals surface area contributed by atoms with Crippen molar-refractivity contribution in [3.8, 4) is 18.1 Å². The first-order valence-corrected chi connectivity index (χ1v) is 7.98. The van der Waals surface area contributed by atoms with E-state index >= 15 is 0 Å². The lowest BCUT2D eigenvalue weighted by molar-refractivity contribution is 0.194. The molecule has 1 saturated heterocycles. The zero-order valence-corrected chi connectivity index (χ0v) is 13.4. The number of piperidine rings is 1.